The maximum absolute atomic E-state index is 12.4. The number of nitrogens with two attached hydrogens (primary N) is 1. The van der Waals surface area contributed by atoms with E-state index in [1.807, 2.05) is 57.2 Å². The normalized spacial score (nSPS) is 10.5. The van der Waals surface area contributed by atoms with E-state index in [0.717, 1.165) is 22.4 Å². The molecule has 1 heterocycles. The van der Waals surface area contributed by atoms with Crippen molar-refractivity contribution in [1.82, 2.24) is 15.0 Å². The van der Waals surface area contributed by atoms with E-state index in [2.05, 4.69) is 20.9 Å². The van der Waals surface area contributed by atoms with E-state index in [-0.39, 0.29) is 24.0 Å². The molecule has 0 aliphatic heterocycles. The van der Waals surface area contributed by atoms with Gasteiger partial charge in [0.1, 0.15) is 6.54 Å². The number of nitrogens with one attached hydrogen (secondary N) is 2. The van der Waals surface area contributed by atoms with Gasteiger partial charge in [-0.25, -0.2) is 4.68 Å². The molecule has 0 fully saturated rings. The Labute approximate surface area is 162 Å². The summed E-state index contributed by atoms with van der Waals surface area (Å²) in [4.78, 5) is 24.8. The maximum Gasteiger partial charge on any atom is 0.280 e. The summed E-state index contributed by atoms with van der Waals surface area (Å²) in [6.07, 6.45) is 0. The molecular weight excluding hydrogens is 356 g/mol. The fourth-order valence-corrected chi connectivity index (χ4v) is 2.72. The lowest BCUT2D eigenvalue weighted by molar-refractivity contribution is -0.116. The molecule has 0 bridgehead atoms. The minimum absolute atomic E-state index is 0.0268. The number of nitrogens with zero attached hydrogens (tertiary/aromatic N) is 3. The van der Waals surface area contributed by atoms with Crippen LogP contribution in [0.4, 0.5) is 17.2 Å². The minimum Gasteiger partial charge on any atom is -0.382 e. The summed E-state index contributed by atoms with van der Waals surface area (Å²) in [5, 5.41) is 13.2. The zero-order valence-corrected chi connectivity index (χ0v) is 16.0. The monoisotopic (exact) mass is 378 g/mol. The average molecular weight is 378 g/mol. The molecule has 3 rings (SSSR count). The Morgan fingerprint density at radius 3 is 2.57 bits per heavy atom. The van der Waals surface area contributed by atoms with Crippen LogP contribution in [0.2, 0.25) is 0 Å². The van der Waals surface area contributed by atoms with E-state index < -0.39 is 5.91 Å². The van der Waals surface area contributed by atoms with E-state index in [1.54, 1.807) is 6.07 Å². The smallest absolute Gasteiger partial charge is 0.280 e. The summed E-state index contributed by atoms with van der Waals surface area (Å²) < 4.78 is 1.20. The number of aryl methyl sites for hydroxylation is 2. The van der Waals surface area contributed by atoms with E-state index >= 15 is 0 Å². The van der Waals surface area contributed by atoms with Crippen LogP contribution in [-0.2, 0) is 11.3 Å². The molecule has 144 valence electrons. The van der Waals surface area contributed by atoms with Crippen molar-refractivity contribution in [3.8, 4) is 0 Å². The number of benzene rings is 2. The number of rotatable bonds is 5. The van der Waals surface area contributed by atoms with Gasteiger partial charge in [-0.1, -0.05) is 29.5 Å². The summed E-state index contributed by atoms with van der Waals surface area (Å²) in [5.74, 6) is -0.763. The minimum atomic E-state index is -0.482. The topological polar surface area (TPSA) is 115 Å². The van der Waals surface area contributed by atoms with E-state index in [1.165, 1.54) is 4.68 Å². The van der Waals surface area contributed by atoms with Crippen LogP contribution in [-0.4, -0.2) is 26.8 Å². The lowest BCUT2D eigenvalue weighted by atomic mass is 10.1. The Bertz CT molecular complexity index is 1040. The summed E-state index contributed by atoms with van der Waals surface area (Å²) in [5.41, 5.74) is 10.4. The molecule has 3 aromatic rings. The highest BCUT2D eigenvalue weighted by Gasteiger charge is 2.19. The molecular formula is C20H22N6O2. The Kier molecular flexibility index (Phi) is 5.39. The number of nitrogen functional groups attached to an aromatic ring is 1. The molecule has 8 nitrogen and oxygen atoms in total. The first-order valence-corrected chi connectivity index (χ1v) is 8.78. The van der Waals surface area contributed by atoms with Gasteiger partial charge in [0.2, 0.25) is 5.91 Å². The van der Waals surface area contributed by atoms with E-state index in [4.69, 9.17) is 5.73 Å². The first kappa shape index (κ1) is 19.1. The SMILES string of the molecule is Cc1cccc(NC(=O)c2nnn(CC(=O)Nc3cccc(C)c3C)c2N)c1. The molecule has 1 aromatic heterocycles. The van der Waals surface area contributed by atoms with Crippen LogP contribution in [0.3, 0.4) is 0 Å². The van der Waals surface area contributed by atoms with Crippen molar-refractivity contribution in [1.29, 1.82) is 0 Å². The third kappa shape index (κ3) is 4.17. The highest BCUT2D eigenvalue weighted by molar-refractivity contribution is 6.05. The van der Waals surface area contributed by atoms with Crippen LogP contribution < -0.4 is 16.4 Å². The number of amides is 2. The Balaban J connectivity index is 1.69. The summed E-state index contributed by atoms with van der Waals surface area (Å²) in [6, 6.07) is 13.0. The van der Waals surface area contributed by atoms with Crippen molar-refractivity contribution >= 4 is 29.0 Å². The first-order valence-electron chi connectivity index (χ1n) is 8.78. The second-order valence-corrected chi connectivity index (χ2v) is 6.60. The van der Waals surface area contributed by atoms with Gasteiger partial charge in [-0.3, -0.25) is 9.59 Å². The maximum atomic E-state index is 12.4. The molecule has 4 N–H and O–H groups in total. The van der Waals surface area contributed by atoms with Gasteiger partial charge >= 0.3 is 0 Å². The Morgan fingerprint density at radius 2 is 1.82 bits per heavy atom. The summed E-state index contributed by atoms with van der Waals surface area (Å²) in [7, 11) is 0. The zero-order valence-electron chi connectivity index (χ0n) is 16.0. The molecule has 0 unspecified atom stereocenters. The van der Waals surface area contributed by atoms with Gasteiger partial charge in [0.25, 0.3) is 5.91 Å². The van der Waals surface area contributed by atoms with Gasteiger partial charge in [0.05, 0.1) is 0 Å². The van der Waals surface area contributed by atoms with Crippen molar-refractivity contribution in [3.63, 3.8) is 0 Å². The van der Waals surface area contributed by atoms with E-state index in [9.17, 15) is 9.59 Å². The van der Waals surface area contributed by atoms with Crippen LogP contribution in [0.25, 0.3) is 0 Å². The predicted molar refractivity (Wildman–Crippen MR) is 108 cm³/mol. The molecule has 0 aliphatic rings. The third-order valence-corrected chi connectivity index (χ3v) is 4.44. The molecule has 0 aliphatic carbocycles. The number of anilines is 3. The highest BCUT2D eigenvalue weighted by Crippen LogP contribution is 2.18. The second-order valence-electron chi connectivity index (χ2n) is 6.60. The van der Waals surface area contributed by atoms with Crippen LogP contribution in [0.15, 0.2) is 42.5 Å². The fraction of sp³-hybridized carbons (Fsp3) is 0.200. The predicted octanol–water partition coefficient (Wildman–Crippen LogP) is 2.68. The molecule has 0 spiro atoms. The molecule has 0 saturated heterocycles. The molecule has 28 heavy (non-hydrogen) atoms. The lowest BCUT2D eigenvalue weighted by Crippen LogP contribution is -2.22. The number of carbonyl (C=O) groups excluding carboxylic acids is 2. The van der Waals surface area contributed by atoms with E-state index in [0.29, 0.717) is 5.69 Å². The van der Waals surface area contributed by atoms with Gasteiger partial charge in [0, 0.05) is 11.4 Å². The summed E-state index contributed by atoms with van der Waals surface area (Å²) >= 11 is 0. The molecule has 2 amide bonds. The lowest BCUT2D eigenvalue weighted by Gasteiger charge is -2.10. The molecule has 0 saturated carbocycles. The van der Waals surface area contributed by atoms with Gasteiger partial charge < -0.3 is 16.4 Å². The second kappa shape index (κ2) is 7.91. The molecule has 8 heteroatoms. The zero-order chi connectivity index (χ0) is 20.3. The summed E-state index contributed by atoms with van der Waals surface area (Å²) in [6.45, 7) is 5.68. The largest absolute Gasteiger partial charge is 0.382 e. The molecule has 0 radical (unpaired) electrons. The van der Waals surface area contributed by atoms with Crippen LogP contribution in [0.1, 0.15) is 27.2 Å². The number of carbonyl (C=O) groups is 2. The van der Waals surface area contributed by atoms with Crippen molar-refractivity contribution < 1.29 is 9.59 Å². The van der Waals surface area contributed by atoms with Gasteiger partial charge in [-0.15, -0.1) is 5.10 Å². The van der Waals surface area contributed by atoms with Crippen molar-refractivity contribution in [3.05, 3.63) is 64.8 Å². The number of hydrogen-bond acceptors (Lipinski definition) is 5. The van der Waals surface area contributed by atoms with Crippen molar-refractivity contribution in [2.24, 2.45) is 0 Å². The highest BCUT2D eigenvalue weighted by atomic mass is 16.2. The first-order chi connectivity index (χ1) is 13.3. The third-order valence-electron chi connectivity index (χ3n) is 4.44. The molecule has 0 atom stereocenters. The van der Waals surface area contributed by atoms with Crippen molar-refractivity contribution in [2.45, 2.75) is 27.3 Å². The van der Waals surface area contributed by atoms with Crippen LogP contribution in [0, 0.1) is 20.8 Å². The van der Waals surface area contributed by atoms with Crippen LogP contribution in [0.5, 0.6) is 0 Å². The van der Waals surface area contributed by atoms with Gasteiger partial charge in [-0.05, 0) is 55.7 Å². The fourth-order valence-electron chi connectivity index (χ4n) is 2.72. The van der Waals surface area contributed by atoms with Gasteiger partial charge in [-0.2, -0.15) is 0 Å². The quantitative estimate of drug-likeness (QED) is 0.631. The van der Waals surface area contributed by atoms with Gasteiger partial charge in [0.15, 0.2) is 11.5 Å². The average Bonchev–Trinajstić information content (AvgIpc) is 2.99. The Hall–Kier alpha value is -3.68. The number of hydrogen-bond donors (Lipinski definition) is 3. The van der Waals surface area contributed by atoms with Crippen LogP contribution >= 0.6 is 0 Å². The Morgan fingerprint density at radius 1 is 1.07 bits per heavy atom. The standard InChI is InChI=1S/C20H22N6O2/c1-12-6-4-8-15(10-12)22-20(28)18-19(21)26(25-24-18)11-17(27)23-16-9-5-7-13(2)14(16)3/h4-10H,11,21H2,1-3H3,(H,22,28)(H,23,27). The molecule has 2 aromatic carbocycles. The van der Waals surface area contributed by atoms with Crippen molar-refractivity contribution in [2.75, 3.05) is 16.4 Å². The number of aromatic nitrogens is 3.